The third kappa shape index (κ3) is 5.66. The van der Waals surface area contributed by atoms with E-state index in [4.69, 9.17) is 4.74 Å². The number of aryl methyl sites for hydroxylation is 1. The van der Waals surface area contributed by atoms with Gasteiger partial charge in [-0.15, -0.1) is 0 Å². The third-order valence-corrected chi connectivity index (χ3v) is 5.61. The Balaban J connectivity index is 2.23. The molecule has 26 heavy (non-hydrogen) atoms. The molecule has 1 amide bonds. The van der Waals surface area contributed by atoms with Crippen LogP contribution in [0.2, 0.25) is 0 Å². The molecule has 0 aliphatic carbocycles. The number of carbonyl (C=O) groups excluding carboxylic acids is 1. The molecule has 0 saturated carbocycles. The zero-order chi connectivity index (χ0) is 19.0. The van der Waals surface area contributed by atoms with Gasteiger partial charge < -0.3 is 10.1 Å². The summed E-state index contributed by atoms with van der Waals surface area (Å²) in [5.74, 6) is -0.367. The molecule has 2 aromatic carbocycles. The number of nitrogens with one attached hydrogen (secondary N) is 1. The summed E-state index contributed by atoms with van der Waals surface area (Å²) in [4.78, 5) is 12.3. The second kappa shape index (κ2) is 9.47. The molecule has 0 atom stereocenters. The lowest BCUT2D eigenvalue weighted by Gasteiger charge is -2.22. The maximum atomic E-state index is 13.0. The first kappa shape index (κ1) is 20.1. The van der Waals surface area contributed by atoms with Gasteiger partial charge in [0.05, 0.1) is 18.0 Å². The average molecular weight is 376 g/mol. The lowest BCUT2D eigenvalue weighted by Crippen LogP contribution is -2.41. The van der Waals surface area contributed by atoms with E-state index in [1.54, 1.807) is 24.3 Å². The van der Waals surface area contributed by atoms with Crippen LogP contribution in [0.5, 0.6) is 0 Å². The smallest absolute Gasteiger partial charge is 0.243 e. The SMILES string of the molecule is COCCNC(=O)CN(Cc1ccccc1)S(=O)(=O)c1ccc(C)cc1. The van der Waals surface area contributed by atoms with Crippen LogP contribution in [0.25, 0.3) is 0 Å². The summed E-state index contributed by atoms with van der Waals surface area (Å²) < 4.78 is 32.2. The van der Waals surface area contributed by atoms with Crippen molar-refractivity contribution in [2.75, 3.05) is 26.8 Å². The zero-order valence-electron chi connectivity index (χ0n) is 15.0. The quantitative estimate of drug-likeness (QED) is 0.679. The van der Waals surface area contributed by atoms with Crippen LogP contribution in [-0.2, 0) is 26.1 Å². The van der Waals surface area contributed by atoms with E-state index < -0.39 is 10.0 Å². The summed E-state index contributed by atoms with van der Waals surface area (Å²) in [6.07, 6.45) is 0. The van der Waals surface area contributed by atoms with Gasteiger partial charge >= 0.3 is 0 Å². The minimum Gasteiger partial charge on any atom is -0.383 e. The minimum atomic E-state index is -3.80. The molecule has 0 radical (unpaired) electrons. The molecular formula is C19H24N2O4S. The Labute approximate surface area is 154 Å². The lowest BCUT2D eigenvalue weighted by atomic mass is 10.2. The first-order valence-corrected chi connectivity index (χ1v) is 9.74. The molecule has 0 saturated heterocycles. The first-order valence-electron chi connectivity index (χ1n) is 8.30. The highest BCUT2D eigenvalue weighted by Crippen LogP contribution is 2.19. The first-order chi connectivity index (χ1) is 12.4. The molecule has 6 nitrogen and oxygen atoms in total. The number of rotatable bonds is 9. The fourth-order valence-corrected chi connectivity index (χ4v) is 3.77. The molecule has 7 heteroatoms. The number of hydrogen-bond acceptors (Lipinski definition) is 4. The van der Waals surface area contributed by atoms with Crippen molar-refractivity contribution in [3.63, 3.8) is 0 Å². The van der Waals surface area contributed by atoms with Crippen molar-refractivity contribution in [3.8, 4) is 0 Å². The number of amides is 1. The monoisotopic (exact) mass is 376 g/mol. The predicted molar refractivity (Wildman–Crippen MR) is 100 cm³/mol. The summed E-state index contributed by atoms with van der Waals surface area (Å²) in [7, 11) is -2.26. The van der Waals surface area contributed by atoms with Crippen LogP contribution in [0.3, 0.4) is 0 Å². The Bertz CT molecular complexity index is 805. The molecule has 0 aliphatic rings. The van der Waals surface area contributed by atoms with Gasteiger partial charge in [0.1, 0.15) is 0 Å². The molecule has 0 unspecified atom stereocenters. The van der Waals surface area contributed by atoms with Gasteiger partial charge in [0.15, 0.2) is 0 Å². The van der Waals surface area contributed by atoms with Crippen molar-refractivity contribution in [2.24, 2.45) is 0 Å². The maximum absolute atomic E-state index is 13.0. The molecule has 2 aromatic rings. The molecule has 1 N–H and O–H groups in total. The molecule has 0 aromatic heterocycles. The predicted octanol–water partition coefficient (Wildman–Crippen LogP) is 1.95. The van der Waals surface area contributed by atoms with E-state index in [0.29, 0.717) is 13.2 Å². The van der Waals surface area contributed by atoms with E-state index in [-0.39, 0.29) is 23.9 Å². The average Bonchev–Trinajstić information content (AvgIpc) is 2.62. The van der Waals surface area contributed by atoms with Crippen molar-refractivity contribution < 1.29 is 17.9 Å². The molecule has 0 heterocycles. The van der Waals surface area contributed by atoms with Crippen molar-refractivity contribution in [2.45, 2.75) is 18.4 Å². The Kier molecular flexibility index (Phi) is 7.32. The number of ether oxygens (including phenoxy) is 1. The number of nitrogens with zero attached hydrogens (tertiary/aromatic N) is 1. The van der Waals surface area contributed by atoms with Gasteiger partial charge in [0, 0.05) is 20.2 Å². The Morgan fingerprint density at radius 3 is 2.35 bits per heavy atom. The number of methoxy groups -OCH3 is 1. The third-order valence-electron chi connectivity index (χ3n) is 3.81. The minimum absolute atomic E-state index is 0.120. The van der Waals surface area contributed by atoms with Crippen LogP contribution in [0.1, 0.15) is 11.1 Å². The largest absolute Gasteiger partial charge is 0.383 e. The van der Waals surface area contributed by atoms with Gasteiger partial charge in [-0.1, -0.05) is 48.0 Å². The maximum Gasteiger partial charge on any atom is 0.243 e. The Morgan fingerprint density at radius 1 is 1.08 bits per heavy atom. The molecular weight excluding hydrogens is 352 g/mol. The van der Waals surface area contributed by atoms with E-state index in [0.717, 1.165) is 11.1 Å². The summed E-state index contributed by atoms with van der Waals surface area (Å²) in [6.45, 7) is 2.46. The van der Waals surface area contributed by atoms with E-state index in [1.807, 2.05) is 37.3 Å². The second-order valence-corrected chi connectivity index (χ2v) is 7.85. The van der Waals surface area contributed by atoms with Crippen LogP contribution < -0.4 is 5.32 Å². The van der Waals surface area contributed by atoms with Gasteiger partial charge in [-0.25, -0.2) is 8.42 Å². The van der Waals surface area contributed by atoms with Gasteiger partial charge in [0.2, 0.25) is 15.9 Å². The number of sulfonamides is 1. The number of hydrogen-bond donors (Lipinski definition) is 1. The second-order valence-electron chi connectivity index (χ2n) is 5.91. The molecule has 140 valence electrons. The molecule has 0 aliphatic heterocycles. The van der Waals surface area contributed by atoms with E-state index >= 15 is 0 Å². The van der Waals surface area contributed by atoms with Crippen LogP contribution >= 0.6 is 0 Å². The molecule has 2 rings (SSSR count). The van der Waals surface area contributed by atoms with Gasteiger partial charge in [0.25, 0.3) is 0 Å². The van der Waals surface area contributed by atoms with Gasteiger partial charge in [-0.2, -0.15) is 4.31 Å². The molecule has 0 fully saturated rings. The van der Waals surface area contributed by atoms with Gasteiger partial charge in [-0.3, -0.25) is 4.79 Å². The number of carbonyl (C=O) groups is 1. The van der Waals surface area contributed by atoms with Crippen molar-refractivity contribution in [1.82, 2.24) is 9.62 Å². The lowest BCUT2D eigenvalue weighted by molar-refractivity contribution is -0.121. The van der Waals surface area contributed by atoms with E-state index in [9.17, 15) is 13.2 Å². The van der Waals surface area contributed by atoms with E-state index in [2.05, 4.69) is 5.32 Å². The summed E-state index contributed by atoms with van der Waals surface area (Å²) in [5.41, 5.74) is 1.78. The van der Waals surface area contributed by atoms with Crippen molar-refractivity contribution in [1.29, 1.82) is 0 Å². The molecule has 0 bridgehead atoms. The standard InChI is InChI=1S/C19H24N2O4S/c1-16-8-10-18(11-9-16)26(23,24)21(14-17-6-4-3-5-7-17)15-19(22)20-12-13-25-2/h3-11H,12-15H2,1-2H3,(H,20,22). The highest BCUT2D eigenvalue weighted by atomic mass is 32.2. The normalized spacial score (nSPS) is 11.5. The Morgan fingerprint density at radius 2 is 1.73 bits per heavy atom. The topological polar surface area (TPSA) is 75.7 Å². The van der Waals surface area contributed by atoms with E-state index in [1.165, 1.54) is 11.4 Å². The summed E-state index contributed by atoms with van der Waals surface area (Å²) in [6, 6.07) is 15.8. The van der Waals surface area contributed by atoms with Crippen LogP contribution in [0, 0.1) is 6.92 Å². The zero-order valence-corrected chi connectivity index (χ0v) is 15.8. The number of benzene rings is 2. The van der Waals surface area contributed by atoms with Crippen LogP contribution in [-0.4, -0.2) is 45.4 Å². The summed E-state index contributed by atoms with van der Waals surface area (Å²) in [5, 5.41) is 2.66. The van der Waals surface area contributed by atoms with Crippen LogP contribution in [0.4, 0.5) is 0 Å². The highest BCUT2D eigenvalue weighted by Gasteiger charge is 2.26. The van der Waals surface area contributed by atoms with Crippen LogP contribution in [0.15, 0.2) is 59.5 Å². The fourth-order valence-electron chi connectivity index (χ4n) is 2.38. The molecule has 0 spiro atoms. The van der Waals surface area contributed by atoms with Crippen molar-refractivity contribution >= 4 is 15.9 Å². The summed E-state index contributed by atoms with van der Waals surface area (Å²) >= 11 is 0. The fraction of sp³-hybridized carbons (Fsp3) is 0.316. The van der Waals surface area contributed by atoms with Gasteiger partial charge in [-0.05, 0) is 24.6 Å². The Hall–Kier alpha value is -2.22. The highest BCUT2D eigenvalue weighted by molar-refractivity contribution is 7.89. The van der Waals surface area contributed by atoms with Crippen molar-refractivity contribution in [3.05, 3.63) is 65.7 Å².